The number of nitrogens with one attached hydrogen (secondary N) is 1. The molecule has 1 rings (SSSR count). The fourth-order valence-corrected chi connectivity index (χ4v) is 1.65. The smallest absolute Gasteiger partial charge is 0.353 e. The van der Waals surface area contributed by atoms with E-state index >= 15 is 0 Å². The van der Waals surface area contributed by atoms with Crippen LogP contribution in [0.5, 0.6) is 0 Å². The second-order valence-electron chi connectivity index (χ2n) is 3.89. The van der Waals surface area contributed by atoms with E-state index in [1.807, 2.05) is 0 Å². The van der Waals surface area contributed by atoms with E-state index in [1.165, 1.54) is 18.3 Å². The molecule has 0 aliphatic carbocycles. The number of aromatic nitrogens is 2. The fourth-order valence-electron chi connectivity index (χ4n) is 1.65. The van der Waals surface area contributed by atoms with Gasteiger partial charge in [-0.05, 0) is 0 Å². The lowest BCUT2D eigenvalue weighted by atomic mass is 10.3. The van der Waals surface area contributed by atoms with Gasteiger partial charge in [0.1, 0.15) is 6.33 Å². The van der Waals surface area contributed by atoms with E-state index in [1.54, 1.807) is 14.1 Å². The van der Waals surface area contributed by atoms with Gasteiger partial charge in [0.15, 0.2) is 0 Å². The summed E-state index contributed by atoms with van der Waals surface area (Å²) in [5.41, 5.74) is -0.225. The molecule has 9 heteroatoms. The highest BCUT2D eigenvalue weighted by atomic mass is 16.6. The normalized spacial score (nSPS) is 12.0. The first-order chi connectivity index (χ1) is 9.01. The molecule has 9 nitrogen and oxygen atoms in total. The lowest BCUT2D eigenvalue weighted by molar-refractivity contribution is -0.383. The largest absolute Gasteiger partial charge is 0.389 e. The third-order valence-corrected chi connectivity index (χ3v) is 2.43. The number of rotatable bonds is 7. The van der Waals surface area contributed by atoms with Crippen molar-refractivity contribution in [2.24, 2.45) is 0 Å². The van der Waals surface area contributed by atoms with Crippen LogP contribution in [-0.2, 0) is 4.74 Å². The van der Waals surface area contributed by atoms with Crippen LogP contribution in [0.15, 0.2) is 6.33 Å². The maximum absolute atomic E-state index is 11.1. The Balaban J connectivity index is 3.02. The van der Waals surface area contributed by atoms with Gasteiger partial charge in [-0.15, -0.1) is 0 Å². The molecule has 0 aliphatic heterocycles. The first kappa shape index (κ1) is 15.1. The molecule has 1 aromatic rings. The summed E-state index contributed by atoms with van der Waals surface area (Å²) in [6.07, 6.45) is 0.468. The van der Waals surface area contributed by atoms with Crippen molar-refractivity contribution < 1.29 is 14.8 Å². The van der Waals surface area contributed by atoms with Gasteiger partial charge in [0.25, 0.3) is 0 Å². The van der Waals surface area contributed by atoms with E-state index < -0.39 is 11.0 Å². The number of likely N-dealkylation sites (N-methyl/N-ethyl adjacent to an activating group) is 1. The minimum Gasteiger partial charge on any atom is -0.389 e. The van der Waals surface area contributed by atoms with Crippen LogP contribution < -0.4 is 10.2 Å². The van der Waals surface area contributed by atoms with Crippen molar-refractivity contribution >= 4 is 17.3 Å². The van der Waals surface area contributed by atoms with Crippen molar-refractivity contribution in [3.8, 4) is 0 Å². The minimum absolute atomic E-state index is 0.128. The van der Waals surface area contributed by atoms with Gasteiger partial charge >= 0.3 is 5.69 Å². The number of hydrogen-bond acceptors (Lipinski definition) is 8. The molecule has 0 aromatic carbocycles. The summed E-state index contributed by atoms with van der Waals surface area (Å²) in [4.78, 5) is 19.7. The number of anilines is 2. The molecule has 0 bridgehead atoms. The molecule has 0 spiro atoms. The zero-order valence-corrected chi connectivity index (χ0v) is 11.0. The molecule has 106 valence electrons. The Bertz CT molecular complexity index is 442. The third-order valence-electron chi connectivity index (χ3n) is 2.43. The monoisotopic (exact) mass is 271 g/mol. The highest BCUT2D eigenvalue weighted by molar-refractivity contribution is 5.69. The average molecular weight is 271 g/mol. The summed E-state index contributed by atoms with van der Waals surface area (Å²) in [6, 6.07) is 0. The van der Waals surface area contributed by atoms with Crippen LogP contribution in [0.1, 0.15) is 0 Å². The van der Waals surface area contributed by atoms with Crippen LogP contribution in [-0.4, -0.2) is 60.5 Å². The zero-order chi connectivity index (χ0) is 14.4. The summed E-state index contributed by atoms with van der Waals surface area (Å²) in [5, 5.41) is 23.4. The topological polar surface area (TPSA) is 114 Å². The van der Waals surface area contributed by atoms with Gasteiger partial charge in [0.2, 0.25) is 11.6 Å². The van der Waals surface area contributed by atoms with Gasteiger partial charge in [0.05, 0.1) is 17.6 Å². The molecule has 1 atom stereocenters. The van der Waals surface area contributed by atoms with Gasteiger partial charge in [-0.2, -0.15) is 0 Å². The third kappa shape index (κ3) is 3.73. The van der Waals surface area contributed by atoms with Crippen LogP contribution in [0.25, 0.3) is 0 Å². The molecule has 1 heterocycles. The predicted octanol–water partition coefficient (Wildman–Crippen LogP) is -0.130. The standard InChI is InChI=1S/C10H17N5O4/c1-11-9-8(15(17)18)10(13-6-12-9)14(2)4-7(16)5-19-3/h6-7,16H,4-5H2,1-3H3,(H,11,12,13). The maximum atomic E-state index is 11.1. The number of nitro groups is 1. The Morgan fingerprint density at radius 3 is 2.84 bits per heavy atom. The summed E-state index contributed by atoms with van der Waals surface area (Å²) < 4.78 is 4.81. The summed E-state index contributed by atoms with van der Waals surface area (Å²) in [6.45, 7) is 0.303. The van der Waals surface area contributed by atoms with Crippen LogP contribution in [0.3, 0.4) is 0 Å². The molecule has 2 N–H and O–H groups in total. The molecule has 1 unspecified atom stereocenters. The second-order valence-corrected chi connectivity index (χ2v) is 3.89. The van der Waals surface area contributed by atoms with E-state index in [-0.39, 0.29) is 30.5 Å². The number of nitrogens with zero attached hydrogens (tertiary/aromatic N) is 4. The van der Waals surface area contributed by atoms with E-state index in [4.69, 9.17) is 4.74 Å². The number of aliphatic hydroxyl groups excluding tert-OH is 1. The molecule has 19 heavy (non-hydrogen) atoms. The molecular weight excluding hydrogens is 254 g/mol. The van der Waals surface area contributed by atoms with Gasteiger partial charge < -0.3 is 20.1 Å². The van der Waals surface area contributed by atoms with Crippen molar-refractivity contribution in [2.45, 2.75) is 6.10 Å². The number of aliphatic hydroxyl groups is 1. The van der Waals surface area contributed by atoms with Gasteiger partial charge in [-0.3, -0.25) is 10.1 Å². The first-order valence-electron chi connectivity index (χ1n) is 5.56. The van der Waals surface area contributed by atoms with Gasteiger partial charge in [-0.25, -0.2) is 9.97 Å². The van der Waals surface area contributed by atoms with Crippen molar-refractivity contribution in [3.05, 3.63) is 16.4 Å². The first-order valence-corrected chi connectivity index (χ1v) is 5.56. The minimum atomic E-state index is -0.761. The lowest BCUT2D eigenvalue weighted by Crippen LogP contribution is -2.33. The molecule has 0 saturated heterocycles. The Labute approximate surface area is 110 Å². The average Bonchev–Trinajstić information content (AvgIpc) is 2.37. The second kappa shape index (κ2) is 6.81. The van der Waals surface area contributed by atoms with E-state index in [9.17, 15) is 15.2 Å². The number of ether oxygens (including phenoxy) is 1. The number of hydrogen-bond donors (Lipinski definition) is 2. The lowest BCUT2D eigenvalue weighted by Gasteiger charge is -2.21. The van der Waals surface area contributed by atoms with E-state index in [0.717, 1.165) is 0 Å². The van der Waals surface area contributed by atoms with Gasteiger partial charge in [0, 0.05) is 27.7 Å². The molecule has 0 radical (unpaired) electrons. The Kier molecular flexibility index (Phi) is 5.39. The highest BCUT2D eigenvalue weighted by Gasteiger charge is 2.25. The molecular formula is C10H17N5O4. The van der Waals surface area contributed by atoms with Crippen LogP contribution in [0, 0.1) is 10.1 Å². The van der Waals surface area contributed by atoms with Gasteiger partial charge in [-0.1, -0.05) is 0 Å². The number of methoxy groups -OCH3 is 1. The van der Waals surface area contributed by atoms with Crippen molar-refractivity contribution in [3.63, 3.8) is 0 Å². The molecule has 0 aliphatic rings. The summed E-state index contributed by atoms with van der Waals surface area (Å²) in [7, 11) is 4.61. The highest BCUT2D eigenvalue weighted by Crippen LogP contribution is 2.30. The molecule has 0 amide bonds. The van der Waals surface area contributed by atoms with Crippen LogP contribution >= 0.6 is 0 Å². The van der Waals surface area contributed by atoms with Crippen LogP contribution in [0.4, 0.5) is 17.3 Å². The van der Waals surface area contributed by atoms with Crippen molar-refractivity contribution in [2.75, 3.05) is 44.6 Å². The van der Waals surface area contributed by atoms with Crippen molar-refractivity contribution in [1.82, 2.24) is 9.97 Å². The van der Waals surface area contributed by atoms with Crippen molar-refractivity contribution in [1.29, 1.82) is 0 Å². The fraction of sp³-hybridized carbons (Fsp3) is 0.600. The summed E-state index contributed by atoms with van der Waals surface area (Å²) >= 11 is 0. The Hall–Kier alpha value is -2.00. The molecule has 1 aromatic heterocycles. The zero-order valence-electron chi connectivity index (χ0n) is 11.0. The maximum Gasteiger partial charge on any atom is 0.353 e. The Morgan fingerprint density at radius 2 is 2.32 bits per heavy atom. The van der Waals surface area contributed by atoms with Crippen LogP contribution in [0.2, 0.25) is 0 Å². The predicted molar refractivity (Wildman–Crippen MR) is 69.4 cm³/mol. The molecule has 0 fully saturated rings. The SMILES string of the molecule is CNc1ncnc(N(C)CC(O)COC)c1[N+](=O)[O-]. The summed E-state index contributed by atoms with van der Waals surface area (Å²) in [5.74, 6) is 0.266. The molecule has 0 saturated carbocycles. The van der Waals surface area contributed by atoms with E-state index in [0.29, 0.717) is 0 Å². The quantitative estimate of drug-likeness (QED) is 0.520. The van der Waals surface area contributed by atoms with E-state index in [2.05, 4.69) is 15.3 Å². The Morgan fingerprint density at radius 1 is 1.63 bits per heavy atom.